The van der Waals surface area contributed by atoms with Crippen LogP contribution in [-0.2, 0) is 0 Å². The number of pyridine rings is 1. The van der Waals surface area contributed by atoms with E-state index in [2.05, 4.69) is 4.98 Å². The molecule has 0 amide bonds. The zero-order chi connectivity index (χ0) is 20.5. The van der Waals surface area contributed by atoms with Gasteiger partial charge in [-0.25, -0.2) is 22.5 Å². The standard InChI is InChI=1S/C24H15F4N/c1-14-9-18(26)13-20(24(14)28)23-11-16(15-5-3-2-4-6-15)10-22(29-23)19-12-17(25)7-8-21(19)27/h2-13H,1H3. The number of nitrogens with zero attached hydrogens (tertiary/aromatic N) is 1. The van der Waals surface area contributed by atoms with E-state index in [9.17, 15) is 17.6 Å². The molecular weight excluding hydrogens is 378 g/mol. The molecule has 1 nitrogen and oxygen atoms in total. The maximum Gasteiger partial charge on any atom is 0.135 e. The molecule has 0 saturated heterocycles. The molecule has 0 unspecified atom stereocenters. The first-order chi connectivity index (χ1) is 13.9. The zero-order valence-corrected chi connectivity index (χ0v) is 15.4. The van der Waals surface area contributed by atoms with Gasteiger partial charge in [0.1, 0.15) is 23.3 Å². The lowest BCUT2D eigenvalue weighted by Crippen LogP contribution is -1.97. The first kappa shape index (κ1) is 18.9. The smallest absolute Gasteiger partial charge is 0.135 e. The van der Waals surface area contributed by atoms with E-state index in [1.165, 1.54) is 6.92 Å². The molecule has 0 aliphatic rings. The van der Waals surface area contributed by atoms with Crippen molar-refractivity contribution in [2.45, 2.75) is 6.92 Å². The van der Waals surface area contributed by atoms with Crippen molar-refractivity contribution in [1.82, 2.24) is 4.98 Å². The van der Waals surface area contributed by atoms with Crippen LogP contribution in [0.5, 0.6) is 0 Å². The van der Waals surface area contributed by atoms with Gasteiger partial charge in [0.25, 0.3) is 0 Å². The van der Waals surface area contributed by atoms with Gasteiger partial charge in [0.05, 0.1) is 11.4 Å². The van der Waals surface area contributed by atoms with Gasteiger partial charge in [-0.05, 0) is 66.1 Å². The molecule has 1 heterocycles. The summed E-state index contributed by atoms with van der Waals surface area (Å²) in [5.41, 5.74) is 1.68. The Morgan fingerprint density at radius 1 is 0.621 bits per heavy atom. The van der Waals surface area contributed by atoms with Gasteiger partial charge < -0.3 is 0 Å². The Kier molecular flexibility index (Phi) is 4.89. The summed E-state index contributed by atoms with van der Waals surface area (Å²) in [6.07, 6.45) is 0. The van der Waals surface area contributed by atoms with Crippen molar-refractivity contribution in [1.29, 1.82) is 0 Å². The van der Waals surface area contributed by atoms with Gasteiger partial charge in [0, 0.05) is 11.1 Å². The minimum absolute atomic E-state index is 0.0432. The molecule has 4 aromatic rings. The van der Waals surface area contributed by atoms with E-state index in [1.54, 1.807) is 12.1 Å². The van der Waals surface area contributed by atoms with Crippen LogP contribution in [0.3, 0.4) is 0 Å². The highest BCUT2D eigenvalue weighted by molar-refractivity contribution is 5.77. The molecule has 0 aliphatic heterocycles. The molecule has 1 aromatic heterocycles. The zero-order valence-electron chi connectivity index (χ0n) is 15.4. The van der Waals surface area contributed by atoms with Crippen molar-refractivity contribution in [3.05, 3.63) is 102 Å². The lowest BCUT2D eigenvalue weighted by Gasteiger charge is -2.12. The third-order valence-corrected chi connectivity index (χ3v) is 4.63. The van der Waals surface area contributed by atoms with Crippen molar-refractivity contribution in [3.8, 4) is 33.6 Å². The Labute approximate surface area is 165 Å². The van der Waals surface area contributed by atoms with Gasteiger partial charge in [-0.3, -0.25) is 0 Å². The summed E-state index contributed by atoms with van der Waals surface area (Å²) in [6, 6.07) is 17.5. The van der Waals surface area contributed by atoms with Crippen LogP contribution in [0.2, 0.25) is 0 Å². The molecule has 0 spiro atoms. The number of hydrogen-bond donors (Lipinski definition) is 0. The molecule has 0 fully saturated rings. The van der Waals surface area contributed by atoms with Crippen LogP contribution in [0.15, 0.2) is 72.8 Å². The van der Waals surface area contributed by atoms with Crippen LogP contribution in [0, 0.1) is 30.2 Å². The Morgan fingerprint density at radius 2 is 1.28 bits per heavy atom. The molecule has 4 rings (SSSR count). The number of halogens is 4. The second kappa shape index (κ2) is 7.51. The Hall–Kier alpha value is -3.47. The summed E-state index contributed by atoms with van der Waals surface area (Å²) in [7, 11) is 0. The highest BCUT2D eigenvalue weighted by Crippen LogP contribution is 2.33. The summed E-state index contributed by atoms with van der Waals surface area (Å²) in [4.78, 5) is 4.33. The van der Waals surface area contributed by atoms with E-state index >= 15 is 0 Å². The van der Waals surface area contributed by atoms with Crippen molar-refractivity contribution < 1.29 is 17.6 Å². The fraction of sp³-hybridized carbons (Fsp3) is 0.0417. The van der Waals surface area contributed by atoms with Crippen molar-refractivity contribution in [2.24, 2.45) is 0 Å². The van der Waals surface area contributed by atoms with Crippen molar-refractivity contribution in [2.75, 3.05) is 0 Å². The molecular formula is C24H15F4N. The molecule has 0 atom stereocenters. The average Bonchev–Trinajstić information content (AvgIpc) is 2.72. The van der Waals surface area contributed by atoms with Gasteiger partial charge in [0.2, 0.25) is 0 Å². The van der Waals surface area contributed by atoms with E-state index in [4.69, 9.17) is 0 Å². The normalized spacial score (nSPS) is 10.9. The van der Waals surface area contributed by atoms with Crippen LogP contribution in [0.4, 0.5) is 17.6 Å². The molecule has 0 aliphatic carbocycles. The lowest BCUT2D eigenvalue weighted by atomic mass is 9.99. The van der Waals surface area contributed by atoms with Crippen molar-refractivity contribution in [3.63, 3.8) is 0 Å². The molecule has 0 saturated carbocycles. The first-order valence-electron chi connectivity index (χ1n) is 8.91. The quantitative estimate of drug-likeness (QED) is 0.343. The second-order valence-corrected chi connectivity index (χ2v) is 6.70. The maximum atomic E-state index is 14.7. The lowest BCUT2D eigenvalue weighted by molar-refractivity contribution is 0.595. The van der Waals surface area contributed by atoms with E-state index in [-0.39, 0.29) is 28.1 Å². The van der Waals surface area contributed by atoms with E-state index in [1.807, 2.05) is 30.3 Å². The molecule has 5 heteroatoms. The Morgan fingerprint density at radius 3 is 2.00 bits per heavy atom. The fourth-order valence-electron chi connectivity index (χ4n) is 3.21. The summed E-state index contributed by atoms with van der Waals surface area (Å²) in [5.74, 6) is -2.51. The topological polar surface area (TPSA) is 12.9 Å². The Balaban J connectivity index is 2.01. The molecule has 0 N–H and O–H groups in total. The number of aryl methyl sites for hydroxylation is 1. The van der Waals surface area contributed by atoms with E-state index in [0.29, 0.717) is 5.56 Å². The first-order valence-corrected chi connectivity index (χ1v) is 8.91. The third-order valence-electron chi connectivity index (χ3n) is 4.63. The molecule has 144 valence electrons. The second-order valence-electron chi connectivity index (χ2n) is 6.70. The van der Waals surface area contributed by atoms with Crippen LogP contribution in [-0.4, -0.2) is 4.98 Å². The number of aromatic nitrogens is 1. The predicted octanol–water partition coefficient (Wildman–Crippen LogP) is 6.95. The SMILES string of the molecule is Cc1cc(F)cc(-c2cc(-c3ccccc3)cc(-c3cc(F)ccc3F)n2)c1F. The van der Waals surface area contributed by atoms with Crippen LogP contribution < -0.4 is 0 Å². The molecule has 0 bridgehead atoms. The minimum Gasteiger partial charge on any atom is -0.248 e. The largest absolute Gasteiger partial charge is 0.248 e. The van der Waals surface area contributed by atoms with E-state index in [0.717, 1.165) is 35.9 Å². The average molecular weight is 393 g/mol. The van der Waals surface area contributed by atoms with Gasteiger partial charge in [-0.1, -0.05) is 30.3 Å². The van der Waals surface area contributed by atoms with Gasteiger partial charge >= 0.3 is 0 Å². The number of hydrogen-bond acceptors (Lipinski definition) is 1. The Bertz CT molecular complexity index is 1200. The maximum absolute atomic E-state index is 14.7. The summed E-state index contributed by atoms with van der Waals surface area (Å²) in [5, 5.41) is 0. The summed E-state index contributed by atoms with van der Waals surface area (Å²) >= 11 is 0. The third kappa shape index (κ3) is 3.76. The van der Waals surface area contributed by atoms with Crippen molar-refractivity contribution >= 4 is 0 Å². The molecule has 29 heavy (non-hydrogen) atoms. The highest BCUT2D eigenvalue weighted by Gasteiger charge is 2.16. The van der Waals surface area contributed by atoms with Crippen LogP contribution in [0.25, 0.3) is 33.6 Å². The summed E-state index contributed by atoms with van der Waals surface area (Å²) < 4.78 is 56.8. The van der Waals surface area contributed by atoms with E-state index < -0.39 is 23.3 Å². The fourth-order valence-corrected chi connectivity index (χ4v) is 3.21. The molecule has 3 aromatic carbocycles. The van der Waals surface area contributed by atoms with Gasteiger partial charge in [-0.2, -0.15) is 0 Å². The number of benzene rings is 3. The summed E-state index contributed by atoms with van der Waals surface area (Å²) in [6.45, 7) is 1.45. The highest BCUT2D eigenvalue weighted by atomic mass is 19.1. The van der Waals surface area contributed by atoms with Gasteiger partial charge in [-0.15, -0.1) is 0 Å². The van der Waals surface area contributed by atoms with Crippen LogP contribution in [0.1, 0.15) is 5.56 Å². The number of rotatable bonds is 3. The molecule has 0 radical (unpaired) electrons. The van der Waals surface area contributed by atoms with Gasteiger partial charge in [0.15, 0.2) is 0 Å². The monoisotopic (exact) mass is 393 g/mol. The minimum atomic E-state index is -0.661. The predicted molar refractivity (Wildman–Crippen MR) is 105 cm³/mol. The van der Waals surface area contributed by atoms with Crippen LogP contribution >= 0.6 is 0 Å².